The summed E-state index contributed by atoms with van der Waals surface area (Å²) < 4.78 is 11.9. The first kappa shape index (κ1) is 17.9. The second-order valence-electron chi connectivity index (χ2n) is 6.37. The number of nitrogens with one attached hydrogen (secondary N) is 1. The van der Waals surface area contributed by atoms with E-state index in [2.05, 4.69) is 15.9 Å². The number of fused-ring (bicyclic) bond motifs is 1. The Kier molecular flexibility index (Phi) is 5.44. The summed E-state index contributed by atoms with van der Waals surface area (Å²) in [6.07, 6.45) is 1.55. The number of nitrogens with two attached hydrogens (primary N) is 1. The van der Waals surface area contributed by atoms with Crippen molar-refractivity contribution in [2.75, 3.05) is 19.7 Å². The number of rotatable bonds is 5. The Hall–Kier alpha value is -1.86. The number of amides is 1. The van der Waals surface area contributed by atoms with Crippen LogP contribution in [0.3, 0.4) is 0 Å². The molecular weight excluding hydrogens is 388 g/mol. The van der Waals surface area contributed by atoms with Crippen LogP contribution in [0.2, 0.25) is 0 Å². The van der Waals surface area contributed by atoms with Crippen LogP contribution in [0.5, 0.6) is 0 Å². The smallest absolute Gasteiger partial charge is 0.374 e. The molecule has 0 bridgehead atoms. The number of hydrogen-bond donors (Lipinski definition) is 2. The van der Waals surface area contributed by atoms with Gasteiger partial charge >= 0.3 is 5.97 Å². The highest BCUT2D eigenvalue weighted by Crippen LogP contribution is 2.29. The quantitative estimate of drug-likeness (QED) is 0.734. The summed E-state index contributed by atoms with van der Waals surface area (Å²) in [5.74, 6) is -0.414. The van der Waals surface area contributed by atoms with E-state index in [0.29, 0.717) is 18.7 Å². The standard InChI is InChI=1S/C18H21BrN2O4/c1-2-24-18(23)16-14(13-9-12(19)3-4-15(13)25-16)10-21-7-5-11(6-8-21)17(20)22/h3-4,9,11H,2,5-8,10H2,1H3,(H2,20,22)/p+1. The lowest BCUT2D eigenvalue weighted by Gasteiger charge is -2.27. The Labute approximate surface area is 154 Å². The summed E-state index contributed by atoms with van der Waals surface area (Å²) in [6.45, 7) is 4.42. The van der Waals surface area contributed by atoms with Crippen molar-refractivity contribution in [2.45, 2.75) is 26.3 Å². The molecule has 6 nitrogen and oxygen atoms in total. The molecule has 0 unspecified atom stereocenters. The molecule has 0 radical (unpaired) electrons. The van der Waals surface area contributed by atoms with Crippen LogP contribution in [0.4, 0.5) is 0 Å². The molecule has 7 heteroatoms. The normalized spacial score (nSPS) is 20.6. The molecule has 1 aliphatic rings. The van der Waals surface area contributed by atoms with Crippen molar-refractivity contribution in [1.29, 1.82) is 0 Å². The van der Waals surface area contributed by atoms with E-state index in [0.717, 1.165) is 41.4 Å². The molecule has 2 aromatic rings. The summed E-state index contributed by atoms with van der Waals surface area (Å²) >= 11 is 3.48. The molecule has 1 amide bonds. The number of carbonyl (C=O) groups excluding carboxylic acids is 2. The van der Waals surface area contributed by atoms with Crippen molar-refractivity contribution in [2.24, 2.45) is 11.7 Å². The summed E-state index contributed by atoms with van der Waals surface area (Å²) in [4.78, 5) is 25.0. The molecule has 3 rings (SSSR count). The van der Waals surface area contributed by atoms with Crippen molar-refractivity contribution < 1.29 is 23.6 Å². The molecule has 0 atom stereocenters. The maximum absolute atomic E-state index is 12.3. The van der Waals surface area contributed by atoms with Crippen LogP contribution in [0.15, 0.2) is 27.1 Å². The van der Waals surface area contributed by atoms with Crippen molar-refractivity contribution in [3.05, 3.63) is 34.0 Å². The van der Waals surface area contributed by atoms with Crippen molar-refractivity contribution in [3.63, 3.8) is 0 Å². The van der Waals surface area contributed by atoms with Gasteiger partial charge in [-0.3, -0.25) is 4.79 Å². The molecule has 1 saturated heterocycles. The van der Waals surface area contributed by atoms with Gasteiger partial charge in [0.15, 0.2) is 0 Å². The first-order valence-corrected chi connectivity index (χ1v) is 9.29. The predicted octanol–water partition coefficient (Wildman–Crippen LogP) is 1.65. The van der Waals surface area contributed by atoms with Crippen molar-refractivity contribution >= 4 is 38.8 Å². The van der Waals surface area contributed by atoms with Crippen LogP contribution in [0.25, 0.3) is 11.0 Å². The number of halogens is 1. The SMILES string of the molecule is CCOC(=O)c1oc2ccc(Br)cc2c1C[NH+]1CCC(C(N)=O)CC1. The van der Waals surface area contributed by atoms with Gasteiger partial charge in [0, 0.05) is 28.6 Å². The molecule has 1 aromatic heterocycles. The van der Waals surface area contributed by atoms with Gasteiger partial charge in [0.25, 0.3) is 0 Å². The summed E-state index contributed by atoms with van der Waals surface area (Å²) in [7, 11) is 0. The maximum atomic E-state index is 12.3. The molecule has 0 saturated carbocycles. The molecule has 1 aliphatic heterocycles. The fraction of sp³-hybridized carbons (Fsp3) is 0.444. The Morgan fingerprint density at radius 3 is 2.72 bits per heavy atom. The molecule has 1 aromatic carbocycles. The van der Waals surface area contributed by atoms with Crippen molar-refractivity contribution in [3.8, 4) is 0 Å². The third kappa shape index (κ3) is 3.88. The first-order valence-electron chi connectivity index (χ1n) is 8.50. The zero-order chi connectivity index (χ0) is 18.0. The fourth-order valence-corrected chi connectivity index (χ4v) is 3.76. The van der Waals surface area contributed by atoms with Gasteiger partial charge in [0.1, 0.15) is 12.1 Å². The Balaban J connectivity index is 1.88. The van der Waals surface area contributed by atoms with Gasteiger partial charge < -0.3 is 19.8 Å². The average molecular weight is 410 g/mol. The lowest BCUT2D eigenvalue weighted by atomic mass is 9.96. The van der Waals surface area contributed by atoms with E-state index in [4.69, 9.17) is 14.9 Å². The average Bonchev–Trinajstić information content (AvgIpc) is 2.93. The van der Waals surface area contributed by atoms with E-state index in [1.54, 1.807) is 6.92 Å². The van der Waals surface area contributed by atoms with Gasteiger partial charge in [-0.1, -0.05) is 15.9 Å². The number of benzene rings is 1. The van der Waals surface area contributed by atoms with Gasteiger partial charge in [-0.25, -0.2) is 4.79 Å². The zero-order valence-corrected chi connectivity index (χ0v) is 15.7. The van der Waals surface area contributed by atoms with Crippen LogP contribution >= 0.6 is 15.9 Å². The second kappa shape index (κ2) is 7.58. The lowest BCUT2D eigenvalue weighted by Crippen LogP contribution is -3.11. The Morgan fingerprint density at radius 2 is 2.08 bits per heavy atom. The second-order valence-corrected chi connectivity index (χ2v) is 7.29. The van der Waals surface area contributed by atoms with E-state index >= 15 is 0 Å². The highest BCUT2D eigenvalue weighted by molar-refractivity contribution is 9.10. The summed E-state index contributed by atoms with van der Waals surface area (Å²) in [5.41, 5.74) is 6.94. The van der Waals surface area contributed by atoms with E-state index in [9.17, 15) is 9.59 Å². The van der Waals surface area contributed by atoms with E-state index in [1.807, 2.05) is 18.2 Å². The Morgan fingerprint density at radius 1 is 1.36 bits per heavy atom. The summed E-state index contributed by atoms with van der Waals surface area (Å²) in [5, 5.41) is 0.918. The first-order chi connectivity index (χ1) is 12.0. The topological polar surface area (TPSA) is 87.0 Å². The van der Waals surface area contributed by atoms with Gasteiger partial charge in [0.05, 0.1) is 25.3 Å². The third-order valence-electron chi connectivity index (χ3n) is 4.74. The number of quaternary nitrogens is 1. The number of furan rings is 1. The lowest BCUT2D eigenvalue weighted by molar-refractivity contribution is -0.919. The van der Waals surface area contributed by atoms with E-state index in [-0.39, 0.29) is 17.6 Å². The number of ether oxygens (including phenoxy) is 1. The highest BCUT2D eigenvalue weighted by atomic mass is 79.9. The molecule has 2 heterocycles. The molecule has 0 aliphatic carbocycles. The zero-order valence-electron chi connectivity index (χ0n) is 14.1. The van der Waals surface area contributed by atoms with Crippen molar-refractivity contribution in [1.82, 2.24) is 0 Å². The van der Waals surface area contributed by atoms with Gasteiger partial charge in [0.2, 0.25) is 11.7 Å². The van der Waals surface area contributed by atoms with E-state index in [1.165, 1.54) is 4.90 Å². The van der Waals surface area contributed by atoms with Gasteiger partial charge in [-0.2, -0.15) is 0 Å². The van der Waals surface area contributed by atoms with Crippen LogP contribution in [0, 0.1) is 5.92 Å². The molecule has 134 valence electrons. The molecule has 3 N–H and O–H groups in total. The highest BCUT2D eigenvalue weighted by Gasteiger charge is 2.29. The van der Waals surface area contributed by atoms with E-state index < -0.39 is 5.97 Å². The number of carbonyl (C=O) groups is 2. The van der Waals surface area contributed by atoms with Crippen LogP contribution in [-0.4, -0.2) is 31.6 Å². The minimum Gasteiger partial charge on any atom is -0.460 e. The monoisotopic (exact) mass is 409 g/mol. The van der Waals surface area contributed by atoms with Crippen LogP contribution in [-0.2, 0) is 16.1 Å². The number of hydrogen-bond acceptors (Lipinski definition) is 4. The molecule has 1 fully saturated rings. The number of esters is 1. The third-order valence-corrected chi connectivity index (χ3v) is 5.23. The maximum Gasteiger partial charge on any atom is 0.374 e. The minimum atomic E-state index is -0.434. The number of likely N-dealkylation sites (tertiary alicyclic amines) is 1. The predicted molar refractivity (Wildman–Crippen MR) is 96.2 cm³/mol. The molecule has 0 spiro atoms. The largest absolute Gasteiger partial charge is 0.460 e. The minimum absolute atomic E-state index is 0.0384. The van der Waals surface area contributed by atoms with Crippen LogP contribution < -0.4 is 10.6 Å². The summed E-state index contributed by atoms with van der Waals surface area (Å²) in [6, 6.07) is 5.70. The van der Waals surface area contributed by atoms with Gasteiger partial charge in [-0.15, -0.1) is 0 Å². The van der Waals surface area contributed by atoms with Gasteiger partial charge in [-0.05, 0) is 25.1 Å². The molecular formula is C18H22BrN2O4+. The fourth-order valence-electron chi connectivity index (χ4n) is 3.40. The molecule has 25 heavy (non-hydrogen) atoms. The number of primary amides is 1. The Bertz CT molecular complexity index is 794. The van der Waals surface area contributed by atoms with Crippen LogP contribution in [0.1, 0.15) is 35.9 Å². The number of piperidine rings is 1.